The van der Waals surface area contributed by atoms with Gasteiger partial charge in [-0.3, -0.25) is 4.79 Å². The van der Waals surface area contributed by atoms with Gasteiger partial charge in [-0.1, -0.05) is 0 Å². The maximum absolute atomic E-state index is 12.8. The molecular formula is C19H25F3N2O4S. The third-order valence-corrected chi connectivity index (χ3v) is 7.33. The van der Waals surface area contributed by atoms with Gasteiger partial charge in [-0.25, -0.2) is 8.42 Å². The van der Waals surface area contributed by atoms with Crippen LogP contribution in [0, 0.1) is 5.92 Å². The number of benzene rings is 1. The molecule has 10 heteroatoms. The molecule has 0 bridgehead atoms. The fraction of sp³-hybridized carbons (Fsp3) is 0.632. The zero-order chi connectivity index (χ0) is 21.4. The van der Waals surface area contributed by atoms with E-state index in [1.165, 1.54) is 4.31 Å². The van der Waals surface area contributed by atoms with Crippen LogP contribution >= 0.6 is 0 Å². The first-order valence-corrected chi connectivity index (χ1v) is 11.0. The minimum atomic E-state index is -4.52. The molecule has 2 atom stereocenters. The van der Waals surface area contributed by atoms with E-state index in [1.54, 1.807) is 4.90 Å². The van der Waals surface area contributed by atoms with Crippen LogP contribution in [0.2, 0.25) is 0 Å². The molecule has 0 aromatic heterocycles. The highest BCUT2D eigenvalue weighted by Crippen LogP contribution is 2.31. The van der Waals surface area contributed by atoms with Gasteiger partial charge in [-0.2, -0.15) is 17.5 Å². The molecule has 1 aromatic rings. The molecule has 1 amide bonds. The molecule has 0 unspecified atom stereocenters. The lowest BCUT2D eigenvalue weighted by Crippen LogP contribution is -2.52. The van der Waals surface area contributed by atoms with Crippen molar-refractivity contribution in [3.05, 3.63) is 29.8 Å². The van der Waals surface area contributed by atoms with E-state index in [4.69, 9.17) is 4.74 Å². The van der Waals surface area contributed by atoms with Gasteiger partial charge >= 0.3 is 6.18 Å². The summed E-state index contributed by atoms with van der Waals surface area (Å²) < 4.78 is 70.4. The van der Waals surface area contributed by atoms with Crippen molar-refractivity contribution < 1.29 is 31.1 Å². The highest BCUT2D eigenvalue weighted by atomic mass is 32.2. The van der Waals surface area contributed by atoms with E-state index in [-0.39, 0.29) is 55.1 Å². The number of halogens is 3. The Balaban J connectivity index is 1.63. The summed E-state index contributed by atoms with van der Waals surface area (Å²) in [5, 5.41) is 0. The second kappa shape index (κ2) is 8.23. The quantitative estimate of drug-likeness (QED) is 0.734. The van der Waals surface area contributed by atoms with E-state index in [9.17, 15) is 26.4 Å². The van der Waals surface area contributed by atoms with E-state index in [1.807, 2.05) is 13.8 Å². The van der Waals surface area contributed by atoms with E-state index in [0.717, 1.165) is 24.3 Å². The average Bonchev–Trinajstić information content (AvgIpc) is 2.66. The summed E-state index contributed by atoms with van der Waals surface area (Å²) >= 11 is 0. The SMILES string of the molecule is C[C@H]1CC(C(=O)N2CCN(S(=O)(=O)c3ccc(C(F)(F)F)cc3)CC2)C[C@H](C)O1. The molecular weight excluding hydrogens is 409 g/mol. The van der Waals surface area contributed by atoms with Gasteiger partial charge in [0, 0.05) is 32.1 Å². The first kappa shape index (κ1) is 22.0. The average molecular weight is 434 g/mol. The molecule has 2 fully saturated rings. The molecule has 3 rings (SSSR count). The summed E-state index contributed by atoms with van der Waals surface area (Å²) in [6.07, 6.45) is -3.21. The number of alkyl halides is 3. The van der Waals surface area contributed by atoms with Crippen LogP contribution in [-0.2, 0) is 25.7 Å². The topological polar surface area (TPSA) is 66.9 Å². The number of piperazine rings is 1. The highest BCUT2D eigenvalue weighted by Gasteiger charge is 2.36. The maximum Gasteiger partial charge on any atom is 0.416 e. The fourth-order valence-electron chi connectivity index (χ4n) is 3.98. The largest absolute Gasteiger partial charge is 0.416 e. The van der Waals surface area contributed by atoms with E-state index in [0.29, 0.717) is 12.8 Å². The van der Waals surface area contributed by atoms with E-state index >= 15 is 0 Å². The predicted octanol–water partition coefficient (Wildman–Crippen LogP) is 2.74. The third kappa shape index (κ3) is 4.92. The summed E-state index contributed by atoms with van der Waals surface area (Å²) in [7, 11) is -3.91. The van der Waals surface area contributed by atoms with Crippen LogP contribution in [0.5, 0.6) is 0 Å². The van der Waals surface area contributed by atoms with Crippen molar-refractivity contribution in [3.8, 4) is 0 Å². The zero-order valence-electron chi connectivity index (χ0n) is 16.4. The number of rotatable bonds is 3. The number of carbonyl (C=O) groups excluding carboxylic acids is 1. The molecule has 1 aromatic carbocycles. The van der Waals surface area contributed by atoms with Crippen molar-refractivity contribution in [2.45, 2.75) is 50.0 Å². The van der Waals surface area contributed by atoms with Crippen LogP contribution in [0.15, 0.2) is 29.2 Å². The number of ether oxygens (including phenoxy) is 1. The number of sulfonamides is 1. The molecule has 0 saturated carbocycles. The molecule has 2 aliphatic rings. The lowest BCUT2D eigenvalue weighted by Gasteiger charge is -2.38. The van der Waals surface area contributed by atoms with Crippen molar-refractivity contribution in [1.29, 1.82) is 0 Å². The van der Waals surface area contributed by atoms with Crippen LogP contribution in [0.4, 0.5) is 13.2 Å². The zero-order valence-corrected chi connectivity index (χ0v) is 17.2. The van der Waals surface area contributed by atoms with E-state index < -0.39 is 21.8 Å². The van der Waals surface area contributed by atoms with Crippen LogP contribution in [0.25, 0.3) is 0 Å². The second-order valence-corrected chi connectivity index (χ2v) is 9.62. The smallest absolute Gasteiger partial charge is 0.376 e. The number of carbonyl (C=O) groups is 1. The van der Waals surface area contributed by atoms with Crippen LogP contribution in [-0.4, -0.2) is 61.9 Å². The van der Waals surface area contributed by atoms with Gasteiger partial charge in [0.2, 0.25) is 15.9 Å². The number of hydrogen-bond acceptors (Lipinski definition) is 4. The lowest BCUT2D eigenvalue weighted by atomic mass is 9.91. The summed E-state index contributed by atoms with van der Waals surface area (Å²) in [4.78, 5) is 14.3. The fourth-order valence-corrected chi connectivity index (χ4v) is 5.40. The Hall–Kier alpha value is -1.65. The monoisotopic (exact) mass is 434 g/mol. The normalized spacial score (nSPS) is 27.1. The van der Waals surface area contributed by atoms with E-state index in [2.05, 4.69) is 0 Å². The Morgan fingerprint density at radius 3 is 2.00 bits per heavy atom. The summed E-state index contributed by atoms with van der Waals surface area (Å²) in [5.41, 5.74) is -0.896. The molecule has 0 spiro atoms. The molecule has 162 valence electrons. The summed E-state index contributed by atoms with van der Waals surface area (Å²) in [6, 6.07) is 3.47. The van der Waals surface area contributed by atoms with Crippen molar-refractivity contribution >= 4 is 15.9 Å². The molecule has 0 radical (unpaired) electrons. The first-order chi connectivity index (χ1) is 13.5. The van der Waals surface area contributed by atoms with Crippen LogP contribution in [0.1, 0.15) is 32.3 Å². The van der Waals surface area contributed by atoms with Gasteiger partial charge < -0.3 is 9.64 Å². The van der Waals surface area contributed by atoms with Gasteiger partial charge in [0.15, 0.2) is 0 Å². The summed E-state index contributed by atoms with van der Waals surface area (Å²) in [5.74, 6) is -0.120. The Kier molecular flexibility index (Phi) is 6.26. The number of nitrogens with zero attached hydrogens (tertiary/aromatic N) is 2. The van der Waals surface area contributed by atoms with Crippen LogP contribution in [0.3, 0.4) is 0 Å². The van der Waals surface area contributed by atoms with Crippen molar-refractivity contribution in [2.24, 2.45) is 5.92 Å². The minimum absolute atomic E-state index is 0.00837. The third-order valence-electron chi connectivity index (χ3n) is 5.42. The predicted molar refractivity (Wildman–Crippen MR) is 99.5 cm³/mol. The van der Waals surface area contributed by atoms with Gasteiger partial charge in [0.25, 0.3) is 0 Å². The molecule has 2 saturated heterocycles. The Morgan fingerprint density at radius 2 is 1.52 bits per heavy atom. The van der Waals surface area contributed by atoms with Crippen molar-refractivity contribution in [2.75, 3.05) is 26.2 Å². The van der Waals surface area contributed by atoms with Gasteiger partial charge in [0.05, 0.1) is 22.7 Å². The molecule has 6 nitrogen and oxygen atoms in total. The lowest BCUT2D eigenvalue weighted by molar-refractivity contribution is -0.144. The minimum Gasteiger partial charge on any atom is -0.376 e. The molecule has 2 heterocycles. The maximum atomic E-state index is 12.8. The van der Waals surface area contributed by atoms with Crippen molar-refractivity contribution in [1.82, 2.24) is 9.21 Å². The van der Waals surface area contributed by atoms with Crippen LogP contribution < -0.4 is 0 Å². The van der Waals surface area contributed by atoms with Gasteiger partial charge in [-0.15, -0.1) is 0 Å². The molecule has 2 aliphatic heterocycles. The Labute approximate surface area is 168 Å². The molecule has 29 heavy (non-hydrogen) atoms. The molecule has 0 N–H and O–H groups in total. The first-order valence-electron chi connectivity index (χ1n) is 9.60. The van der Waals surface area contributed by atoms with Gasteiger partial charge in [0.1, 0.15) is 0 Å². The molecule has 0 aliphatic carbocycles. The Morgan fingerprint density at radius 1 is 1.00 bits per heavy atom. The summed E-state index contributed by atoms with van der Waals surface area (Å²) in [6.45, 7) is 4.62. The standard InChI is InChI=1S/C19H25F3N2O4S/c1-13-11-15(12-14(2)28-13)18(25)23-7-9-24(10-8-23)29(26,27)17-5-3-16(4-6-17)19(20,21)22/h3-6,13-15H,7-12H2,1-2H3/t13-,14-/m0/s1. The number of amides is 1. The second-order valence-electron chi connectivity index (χ2n) is 7.68. The number of hydrogen-bond donors (Lipinski definition) is 0. The highest BCUT2D eigenvalue weighted by molar-refractivity contribution is 7.89. The van der Waals surface area contributed by atoms with Gasteiger partial charge in [-0.05, 0) is 51.0 Å². The Bertz CT molecular complexity index is 824. The van der Waals surface area contributed by atoms with Crippen molar-refractivity contribution in [3.63, 3.8) is 0 Å².